The van der Waals surface area contributed by atoms with Crippen molar-refractivity contribution in [3.63, 3.8) is 0 Å². The Morgan fingerprint density at radius 1 is 1.33 bits per heavy atom. The van der Waals surface area contributed by atoms with Gasteiger partial charge in [0.05, 0.1) is 16.5 Å². The Hall–Kier alpha value is -3.24. The Morgan fingerprint density at radius 3 is 2.70 bits per heavy atom. The minimum absolute atomic E-state index is 0.0307. The molecule has 3 rings (SSSR count). The molecule has 11 heteroatoms. The van der Waals surface area contributed by atoms with E-state index in [9.17, 15) is 19.7 Å². The number of aliphatic imine (C=N–C) groups is 1. The van der Waals surface area contributed by atoms with Gasteiger partial charge in [0.25, 0.3) is 5.69 Å². The van der Waals surface area contributed by atoms with Crippen LogP contribution in [0.3, 0.4) is 0 Å². The van der Waals surface area contributed by atoms with E-state index >= 15 is 0 Å². The third-order valence-electron chi connectivity index (χ3n) is 3.81. The molecule has 0 unspecified atom stereocenters. The molecule has 0 atom stereocenters. The highest BCUT2D eigenvalue weighted by Gasteiger charge is 2.26. The normalized spacial score (nSPS) is 14.3. The van der Waals surface area contributed by atoms with Crippen LogP contribution in [0.4, 0.5) is 5.69 Å². The number of cyclic esters (lactones) is 1. The molecule has 1 heterocycles. The first-order valence-electron chi connectivity index (χ1n) is 8.22. The molecule has 154 valence electrons. The molecule has 2 aromatic carbocycles. The summed E-state index contributed by atoms with van der Waals surface area (Å²) in [6.45, 7) is 1.26. The van der Waals surface area contributed by atoms with Gasteiger partial charge in [-0.05, 0) is 51.8 Å². The summed E-state index contributed by atoms with van der Waals surface area (Å²) >= 11 is 9.10. The molecule has 0 radical (unpaired) electrons. The average molecular weight is 496 g/mol. The van der Waals surface area contributed by atoms with Crippen LogP contribution in [0.1, 0.15) is 18.1 Å². The van der Waals surface area contributed by atoms with E-state index < -0.39 is 16.9 Å². The van der Waals surface area contributed by atoms with E-state index in [0.29, 0.717) is 10.0 Å². The van der Waals surface area contributed by atoms with Gasteiger partial charge < -0.3 is 14.2 Å². The number of hydrogen-bond acceptors (Lipinski definition) is 8. The fourth-order valence-electron chi connectivity index (χ4n) is 2.54. The topological polar surface area (TPSA) is 117 Å². The number of nitro groups is 1. The summed E-state index contributed by atoms with van der Waals surface area (Å²) in [5, 5.41) is 11.0. The summed E-state index contributed by atoms with van der Waals surface area (Å²) in [4.78, 5) is 38.0. The van der Waals surface area contributed by atoms with Crippen LogP contribution in [0, 0.1) is 10.1 Å². The molecule has 30 heavy (non-hydrogen) atoms. The maximum atomic E-state index is 12.2. The van der Waals surface area contributed by atoms with E-state index in [1.165, 1.54) is 38.3 Å². The first-order chi connectivity index (χ1) is 14.2. The number of esters is 2. The number of benzene rings is 2. The summed E-state index contributed by atoms with van der Waals surface area (Å²) in [6, 6.07) is 7.09. The molecule has 0 bridgehead atoms. The summed E-state index contributed by atoms with van der Waals surface area (Å²) < 4.78 is 15.9. The van der Waals surface area contributed by atoms with E-state index in [1.54, 1.807) is 12.1 Å². The lowest BCUT2D eigenvalue weighted by molar-refractivity contribution is -0.384. The highest BCUT2D eigenvalue weighted by molar-refractivity contribution is 9.10. The number of carbonyl (C=O) groups excluding carboxylic acids is 2. The SMILES string of the molecule is COc1cc(C=C2N=C(c3ccc(Cl)c([N+](=O)[O-])c3)OC2=O)cc(Br)c1OC(C)=O. The number of ether oxygens (including phenoxy) is 3. The Labute approximate surface area is 183 Å². The van der Waals surface area contributed by atoms with Gasteiger partial charge in [0, 0.05) is 18.6 Å². The van der Waals surface area contributed by atoms with Crippen molar-refractivity contribution in [1.82, 2.24) is 0 Å². The van der Waals surface area contributed by atoms with Crippen molar-refractivity contribution in [3.05, 3.63) is 66.8 Å². The number of halogens is 2. The standard InChI is InChI=1S/C19H12BrClN2O7/c1-9(24)29-17-12(20)5-10(7-16(17)28-2)6-14-19(25)30-18(22-14)11-3-4-13(21)15(8-11)23(26)27/h3-8H,1-2H3. The molecule has 1 aliphatic rings. The average Bonchev–Trinajstić information content (AvgIpc) is 3.04. The second-order valence-electron chi connectivity index (χ2n) is 5.89. The molecule has 2 aromatic rings. The van der Waals surface area contributed by atoms with Crippen molar-refractivity contribution in [3.8, 4) is 11.5 Å². The molecular weight excluding hydrogens is 484 g/mol. The van der Waals surface area contributed by atoms with Crippen LogP contribution in [0.5, 0.6) is 11.5 Å². The fraction of sp³-hybridized carbons (Fsp3) is 0.105. The van der Waals surface area contributed by atoms with Gasteiger partial charge in [-0.1, -0.05) is 11.6 Å². The zero-order chi connectivity index (χ0) is 22.0. The van der Waals surface area contributed by atoms with E-state index in [1.807, 2.05) is 0 Å². The maximum Gasteiger partial charge on any atom is 0.363 e. The van der Waals surface area contributed by atoms with Crippen LogP contribution in [-0.4, -0.2) is 29.9 Å². The first kappa shape index (κ1) is 21.5. The van der Waals surface area contributed by atoms with Crippen molar-refractivity contribution in [1.29, 1.82) is 0 Å². The van der Waals surface area contributed by atoms with Gasteiger partial charge in [-0.15, -0.1) is 0 Å². The Kier molecular flexibility index (Phi) is 6.18. The highest BCUT2D eigenvalue weighted by Crippen LogP contribution is 2.37. The van der Waals surface area contributed by atoms with Gasteiger partial charge in [-0.25, -0.2) is 9.79 Å². The minimum atomic E-state index is -0.734. The third kappa shape index (κ3) is 4.50. The van der Waals surface area contributed by atoms with Crippen molar-refractivity contribution >= 4 is 57.1 Å². The highest BCUT2D eigenvalue weighted by atomic mass is 79.9. The lowest BCUT2D eigenvalue weighted by Crippen LogP contribution is -2.06. The quantitative estimate of drug-likeness (QED) is 0.200. The zero-order valence-electron chi connectivity index (χ0n) is 15.5. The molecule has 9 nitrogen and oxygen atoms in total. The first-order valence-corrected chi connectivity index (χ1v) is 9.39. The minimum Gasteiger partial charge on any atom is -0.493 e. The monoisotopic (exact) mass is 494 g/mol. The van der Waals surface area contributed by atoms with Gasteiger partial charge in [0.2, 0.25) is 5.90 Å². The molecule has 0 aliphatic carbocycles. The van der Waals surface area contributed by atoms with E-state index in [2.05, 4.69) is 20.9 Å². The number of rotatable bonds is 5. The molecular formula is C19H12BrClN2O7. The van der Waals surface area contributed by atoms with Crippen molar-refractivity contribution in [2.24, 2.45) is 4.99 Å². The number of nitro benzene ring substituents is 1. The molecule has 0 saturated carbocycles. The second-order valence-corrected chi connectivity index (χ2v) is 7.15. The largest absolute Gasteiger partial charge is 0.493 e. The Bertz CT molecular complexity index is 1140. The van der Waals surface area contributed by atoms with Crippen molar-refractivity contribution in [2.75, 3.05) is 7.11 Å². The predicted molar refractivity (Wildman–Crippen MR) is 111 cm³/mol. The lowest BCUT2D eigenvalue weighted by atomic mass is 10.1. The molecule has 0 amide bonds. The van der Waals surface area contributed by atoms with E-state index in [-0.39, 0.29) is 39.4 Å². The maximum absolute atomic E-state index is 12.2. The molecule has 0 fully saturated rings. The fourth-order valence-corrected chi connectivity index (χ4v) is 3.27. The number of nitrogens with zero attached hydrogens (tertiary/aromatic N) is 2. The third-order valence-corrected chi connectivity index (χ3v) is 4.72. The van der Waals surface area contributed by atoms with Crippen LogP contribution in [0.2, 0.25) is 5.02 Å². The van der Waals surface area contributed by atoms with Gasteiger partial charge in [0.15, 0.2) is 17.2 Å². The van der Waals surface area contributed by atoms with Gasteiger partial charge in [-0.2, -0.15) is 0 Å². The van der Waals surface area contributed by atoms with Crippen molar-refractivity contribution in [2.45, 2.75) is 6.92 Å². The number of carbonyl (C=O) groups is 2. The number of hydrogen-bond donors (Lipinski definition) is 0. The van der Waals surface area contributed by atoms with Crippen LogP contribution in [0.25, 0.3) is 6.08 Å². The molecule has 1 aliphatic heterocycles. The number of methoxy groups -OCH3 is 1. The van der Waals surface area contributed by atoms with Crippen LogP contribution in [0.15, 0.2) is 45.5 Å². The van der Waals surface area contributed by atoms with Crippen molar-refractivity contribution < 1.29 is 28.7 Å². The van der Waals surface area contributed by atoms with Crippen LogP contribution in [-0.2, 0) is 14.3 Å². The molecule has 0 aromatic heterocycles. The van der Waals surface area contributed by atoms with Gasteiger partial charge in [0.1, 0.15) is 5.02 Å². The zero-order valence-corrected chi connectivity index (χ0v) is 17.8. The van der Waals surface area contributed by atoms with Gasteiger partial charge in [-0.3, -0.25) is 14.9 Å². The molecule has 0 N–H and O–H groups in total. The summed E-state index contributed by atoms with van der Waals surface area (Å²) in [5.74, 6) is -0.893. The second kappa shape index (κ2) is 8.64. The van der Waals surface area contributed by atoms with Crippen LogP contribution >= 0.6 is 27.5 Å². The lowest BCUT2D eigenvalue weighted by Gasteiger charge is -2.11. The smallest absolute Gasteiger partial charge is 0.363 e. The van der Waals surface area contributed by atoms with E-state index in [4.69, 9.17) is 25.8 Å². The summed E-state index contributed by atoms with van der Waals surface area (Å²) in [7, 11) is 1.40. The molecule has 0 spiro atoms. The summed E-state index contributed by atoms with van der Waals surface area (Å²) in [5.41, 5.74) is 0.373. The Balaban J connectivity index is 1.99. The van der Waals surface area contributed by atoms with Crippen LogP contribution < -0.4 is 9.47 Å². The van der Waals surface area contributed by atoms with E-state index in [0.717, 1.165) is 0 Å². The molecule has 0 saturated heterocycles. The van der Waals surface area contributed by atoms with Gasteiger partial charge >= 0.3 is 11.9 Å². The Morgan fingerprint density at radius 2 is 2.07 bits per heavy atom. The predicted octanol–water partition coefficient (Wildman–Crippen LogP) is 4.29. The summed E-state index contributed by atoms with van der Waals surface area (Å²) in [6.07, 6.45) is 1.44.